The summed E-state index contributed by atoms with van der Waals surface area (Å²) in [5.41, 5.74) is 6.49. The molecule has 0 atom stereocenters. The Morgan fingerprint density at radius 2 is 1.69 bits per heavy atom. The number of allylic oxidation sites excluding steroid dienone is 1. The standard InChI is InChI=1S/C25H27N3O3S/c1-4-19-10-12-20(13-11-19)28-22-7-5-6-8-23(22)32(30,31)24(16-27-26)25(29)21-14-9-17(2)15-18(21)3/h5-16,27-28H,4,26H2,1-3H3/b24-16+. The van der Waals surface area contributed by atoms with Crippen LogP contribution < -0.4 is 16.6 Å². The molecule has 0 amide bonds. The van der Waals surface area contributed by atoms with Crippen LogP contribution in [0.4, 0.5) is 11.4 Å². The van der Waals surface area contributed by atoms with Gasteiger partial charge in [-0.1, -0.05) is 55.0 Å². The Hall–Kier alpha value is -3.42. The van der Waals surface area contributed by atoms with Gasteiger partial charge >= 0.3 is 0 Å². The van der Waals surface area contributed by atoms with Gasteiger partial charge in [-0.2, -0.15) is 0 Å². The maximum atomic E-state index is 13.6. The van der Waals surface area contributed by atoms with E-state index in [0.29, 0.717) is 16.8 Å². The minimum absolute atomic E-state index is 0.0146. The lowest BCUT2D eigenvalue weighted by Crippen LogP contribution is -2.22. The van der Waals surface area contributed by atoms with Gasteiger partial charge in [-0.15, -0.1) is 0 Å². The van der Waals surface area contributed by atoms with Crippen LogP contribution in [0.25, 0.3) is 0 Å². The van der Waals surface area contributed by atoms with Crippen molar-refractivity contribution >= 4 is 27.0 Å². The number of aryl methyl sites for hydroxylation is 3. The molecule has 0 aliphatic carbocycles. The van der Waals surface area contributed by atoms with Crippen LogP contribution in [-0.4, -0.2) is 14.2 Å². The van der Waals surface area contributed by atoms with E-state index in [2.05, 4.69) is 17.7 Å². The SMILES string of the molecule is CCc1ccc(Nc2ccccc2S(=O)(=O)/C(=C/NN)C(=O)c2ccc(C)cc2C)cc1. The number of hydrogen-bond acceptors (Lipinski definition) is 6. The summed E-state index contributed by atoms with van der Waals surface area (Å²) in [5, 5.41) is 3.16. The summed E-state index contributed by atoms with van der Waals surface area (Å²) in [4.78, 5) is 12.8. The number of ketones is 1. The van der Waals surface area contributed by atoms with Crippen molar-refractivity contribution in [1.82, 2.24) is 5.43 Å². The van der Waals surface area contributed by atoms with Crippen LogP contribution in [0.15, 0.2) is 82.7 Å². The summed E-state index contributed by atoms with van der Waals surface area (Å²) >= 11 is 0. The van der Waals surface area contributed by atoms with E-state index in [0.717, 1.165) is 23.9 Å². The van der Waals surface area contributed by atoms with Gasteiger partial charge < -0.3 is 10.7 Å². The minimum atomic E-state index is -4.19. The summed E-state index contributed by atoms with van der Waals surface area (Å²) < 4.78 is 27.2. The topological polar surface area (TPSA) is 101 Å². The summed E-state index contributed by atoms with van der Waals surface area (Å²) in [6, 6.07) is 19.5. The molecule has 6 nitrogen and oxygen atoms in total. The number of nitrogens with two attached hydrogens (primary N) is 1. The number of hydrazine groups is 1. The van der Waals surface area contributed by atoms with Gasteiger partial charge in [-0.05, 0) is 55.7 Å². The summed E-state index contributed by atoms with van der Waals surface area (Å²) in [6.45, 7) is 5.75. The van der Waals surface area contributed by atoms with Gasteiger partial charge in [0, 0.05) is 17.5 Å². The van der Waals surface area contributed by atoms with Crippen LogP contribution in [0.2, 0.25) is 0 Å². The van der Waals surface area contributed by atoms with Crippen LogP contribution in [0.5, 0.6) is 0 Å². The molecule has 166 valence electrons. The van der Waals surface area contributed by atoms with Crippen LogP contribution >= 0.6 is 0 Å². The molecule has 7 heteroatoms. The molecule has 0 heterocycles. The summed E-state index contributed by atoms with van der Waals surface area (Å²) in [6.07, 6.45) is 1.94. The van der Waals surface area contributed by atoms with E-state index in [-0.39, 0.29) is 4.90 Å². The van der Waals surface area contributed by atoms with Crippen LogP contribution in [-0.2, 0) is 16.3 Å². The van der Waals surface area contributed by atoms with Crippen molar-refractivity contribution < 1.29 is 13.2 Å². The van der Waals surface area contributed by atoms with E-state index in [9.17, 15) is 13.2 Å². The minimum Gasteiger partial charge on any atom is -0.354 e. The van der Waals surface area contributed by atoms with Crippen molar-refractivity contribution in [3.8, 4) is 0 Å². The van der Waals surface area contributed by atoms with E-state index >= 15 is 0 Å². The number of benzene rings is 3. The third kappa shape index (κ3) is 4.90. The summed E-state index contributed by atoms with van der Waals surface area (Å²) in [5.74, 6) is 4.79. The van der Waals surface area contributed by atoms with Crippen molar-refractivity contribution in [3.05, 3.63) is 100 Å². The Labute approximate surface area is 189 Å². The Kier molecular flexibility index (Phi) is 7.12. The van der Waals surface area contributed by atoms with Gasteiger partial charge in [-0.25, -0.2) is 8.42 Å². The Bertz CT molecular complexity index is 1260. The molecule has 0 unspecified atom stereocenters. The molecule has 0 bridgehead atoms. The second-order valence-electron chi connectivity index (χ2n) is 7.50. The second kappa shape index (κ2) is 9.80. The molecular weight excluding hydrogens is 422 g/mol. The number of sulfone groups is 1. The van der Waals surface area contributed by atoms with E-state index in [1.165, 1.54) is 11.6 Å². The van der Waals surface area contributed by atoms with E-state index in [4.69, 9.17) is 5.84 Å². The smallest absolute Gasteiger partial charge is 0.214 e. The third-order valence-electron chi connectivity index (χ3n) is 5.17. The highest BCUT2D eigenvalue weighted by molar-refractivity contribution is 7.96. The van der Waals surface area contributed by atoms with Crippen molar-refractivity contribution in [1.29, 1.82) is 0 Å². The highest BCUT2D eigenvalue weighted by Gasteiger charge is 2.30. The third-order valence-corrected chi connectivity index (χ3v) is 6.99. The fraction of sp³-hybridized carbons (Fsp3) is 0.160. The first kappa shape index (κ1) is 23.2. The molecule has 0 spiro atoms. The highest BCUT2D eigenvalue weighted by Crippen LogP contribution is 2.31. The molecular formula is C25H27N3O3S. The molecule has 0 saturated carbocycles. The van der Waals surface area contributed by atoms with Crippen molar-refractivity contribution in [2.24, 2.45) is 5.84 Å². The van der Waals surface area contributed by atoms with Crippen LogP contribution in [0, 0.1) is 13.8 Å². The number of para-hydroxylation sites is 1. The summed E-state index contributed by atoms with van der Waals surface area (Å²) in [7, 11) is -4.19. The number of anilines is 2. The lowest BCUT2D eigenvalue weighted by Gasteiger charge is -2.15. The molecule has 0 aliphatic heterocycles. The zero-order valence-corrected chi connectivity index (χ0v) is 19.2. The molecule has 0 saturated heterocycles. The molecule has 3 rings (SSSR count). The number of Topliss-reactive ketones (excluding diaryl/α,β-unsaturated/α-hetero) is 1. The first-order chi connectivity index (χ1) is 15.3. The maximum Gasteiger partial charge on any atom is 0.214 e. The molecule has 0 aliphatic rings. The Morgan fingerprint density at radius 1 is 1.00 bits per heavy atom. The average Bonchev–Trinajstić information content (AvgIpc) is 2.78. The zero-order valence-electron chi connectivity index (χ0n) is 18.3. The van der Waals surface area contributed by atoms with Gasteiger partial charge in [-0.3, -0.25) is 10.6 Å². The van der Waals surface area contributed by atoms with Crippen LogP contribution in [0.3, 0.4) is 0 Å². The number of nitrogens with one attached hydrogen (secondary N) is 2. The molecule has 0 fully saturated rings. The quantitative estimate of drug-likeness (QED) is 0.202. The van der Waals surface area contributed by atoms with Crippen molar-refractivity contribution in [2.75, 3.05) is 5.32 Å². The molecule has 4 N–H and O–H groups in total. The van der Waals surface area contributed by atoms with E-state index in [1.54, 1.807) is 37.3 Å². The highest BCUT2D eigenvalue weighted by atomic mass is 32.2. The lowest BCUT2D eigenvalue weighted by atomic mass is 10.0. The second-order valence-corrected chi connectivity index (χ2v) is 9.38. The largest absolute Gasteiger partial charge is 0.354 e. The normalized spacial score (nSPS) is 11.8. The molecule has 0 aromatic heterocycles. The van der Waals surface area contributed by atoms with Gasteiger partial charge in [0.15, 0.2) is 0 Å². The Balaban J connectivity index is 2.04. The number of carbonyl (C=O) groups excluding carboxylic acids is 1. The van der Waals surface area contributed by atoms with E-state index < -0.39 is 20.5 Å². The average molecular weight is 450 g/mol. The van der Waals surface area contributed by atoms with Gasteiger partial charge in [0.25, 0.3) is 0 Å². The van der Waals surface area contributed by atoms with Gasteiger partial charge in [0.05, 0.1) is 10.6 Å². The Morgan fingerprint density at radius 3 is 2.31 bits per heavy atom. The van der Waals surface area contributed by atoms with E-state index in [1.807, 2.05) is 37.3 Å². The maximum absolute atomic E-state index is 13.6. The van der Waals surface area contributed by atoms with Crippen molar-refractivity contribution in [3.63, 3.8) is 0 Å². The molecule has 3 aromatic rings. The van der Waals surface area contributed by atoms with Gasteiger partial charge in [0.1, 0.15) is 4.91 Å². The first-order valence-electron chi connectivity index (χ1n) is 10.3. The fourth-order valence-corrected chi connectivity index (χ4v) is 4.92. The number of hydrogen-bond donors (Lipinski definition) is 3. The van der Waals surface area contributed by atoms with Crippen molar-refractivity contribution in [2.45, 2.75) is 32.1 Å². The fourth-order valence-electron chi connectivity index (χ4n) is 3.44. The van der Waals surface area contributed by atoms with Crippen LogP contribution in [0.1, 0.15) is 34.0 Å². The lowest BCUT2D eigenvalue weighted by molar-refractivity contribution is 0.104. The van der Waals surface area contributed by atoms with Gasteiger partial charge in [0.2, 0.25) is 15.6 Å². The number of rotatable bonds is 8. The molecule has 0 radical (unpaired) electrons. The zero-order chi connectivity index (χ0) is 23.3. The first-order valence-corrected chi connectivity index (χ1v) is 11.7. The monoisotopic (exact) mass is 449 g/mol. The number of carbonyl (C=O) groups is 1. The predicted molar refractivity (Wildman–Crippen MR) is 128 cm³/mol. The predicted octanol–water partition coefficient (Wildman–Crippen LogP) is 4.57. The molecule has 3 aromatic carbocycles. The molecule has 32 heavy (non-hydrogen) atoms.